The van der Waals surface area contributed by atoms with Crippen LogP contribution in [0.25, 0.3) is 0 Å². The van der Waals surface area contributed by atoms with E-state index in [1.807, 2.05) is 30.3 Å². The van der Waals surface area contributed by atoms with Crippen LogP contribution in [-0.2, 0) is 6.54 Å². The molecule has 0 aliphatic carbocycles. The SMILES string of the molecule is C=CC(SCCC)c1ncc(N=Nc2ccc(CN)cc2)c(Cl)n1. The zero-order valence-electron chi connectivity index (χ0n) is 13.5. The maximum Gasteiger partial charge on any atom is 0.160 e. The average molecular weight is 362 g/mol. The predicted octanol–water partition coefficient (Wildman–Crippen LogP) is 5.37. The summed E-state index contributed by atoms with van der Waals surface area (Å²) in [5.74, 6) is 1.65. The van der Waals surface area contributed by atoms with E-state index in [1.165, 1.54) is 0 Å². The van der Waals surface area contributed by atoms with Gasteiger partial charge in [-0.15, -0.1) is 23.5 Å². The Balaban J connectivity index is 2.13. The third-order valence-electron chi connectivity index (χ3n) is 3.16. The van der Waals surface area contributed by atoms with Crippen LogP contribution in [0.4, 0.5) is 11.4 Å². The molecule has 2 N–H and O–H groups in total. The lowest BCUT2D eigenvalue weighted by atomic mass is 10.2. The molecule has 2 aromatic rings. The van der Waals surface area contributed by atoms with Gasteiger partial charge >= 0.3 is 0 Å². The predicted molar refractivity (Wildman–Crippen MR) is 101 cm³/mol. The first-order valence-electron chi connectivity index (χ1n) is 7.65. The van der Waals surface area contributed by atoms with E-state index in [0.717, 1.165) is 23.4 Å². The van der Waals surface area contributed by atoms with Gasteiger partial charge in [0.05, 0.1) is 17.1 Å². The van der Waals surface area contributed by atoms with Crippen LogP contribution in [0, 0.1) is 0 Å². The molecule has 1 aromatic carbocycles. The molecular weight excluding hydrogens is 342 g/mol. The zero-order chi connectivity index (χ0) is 17.4. The van der Waals surface area contributed by atoms with Gasteiger partial charge in [0.15, 0.2) is 5.15 Å². The largest absolute Gasteiger partial charge is 0.326 e. The highest BCUT2D eigenvalue weighted by atomic mass is 35.5. The highest BCUT2D eigenvalue weighted by molar-refractivity contribution is 7.99. The molecule has 0 aliphatic rings. The second-order valence-electron chi connectivity index (χ2n) is 5.00. The van der Waals surface area contributed by atoms with Crippen LogP contribution in [0.5, 0.6) is 0 Å². The topological polar surface area (TPSA) is 76.5 Å². The molecule has 0 saturated carbocycles. The standard InChI is InChI=1S/C17H20ClN5S/c1-3-9-24-15(4-2)17-20-11-14(16(18)21-17)23-22-13-7-5-12(10-19)6-8-13/h4-8,11,15H,2-3,9-10,19H2,1H3. The number of hydrogen-bond donors (Lipinski definition) is 1. The first-order chi connectivity index (χ1) is 11.7. The maximum atomic E-state index is 6.21. The lowest BCUT2D eigenvalue weighted by Crippen LogP contribution is -1.99. The van der Waals surface area contributed by atoms with Gasteiger partial charge < -0.3 is 5.73 Å². The summed E-state index contributed by atoms with van der Waals surface area (Å²) in [6, 6.07) is 7.53. The van der Waals surface area contributed by atoms with Crippen molar-refractivity contribution in [1.82, 2.24) is 9.97 Å². The van der Waals surface area contributed by atoms with Crippen LogP contribution in [0.15, 0.2) is 53.3 Å². The highest BCUT2D eigenvalue weighted by Gasteiger charge is 2.13. The van der Waals surface area contributed by atoms with Crippen LogP contribution in [0.3, 0.4) is 0 Å². The van der Waals surface area contributed by atoms with Gasteiger partial charge in [0, 0.05) is 6.54 Å². The molecule has 0 radical (unpaired) electrons. The average Bonchev–Trinajstić information content (AvgIpc) is 2.62. The minimum absolute atomic E-state index is 0.0252. The molecule has 1 atom stereocenters. The van der Waals surface area contributed by atoms with E-state index in [9.17, 15) is 0 Å². The molecule has 0 saturated heterocycles. The number of benzene rings is 1. The number of rotatable bonds is 8. The quantitative estimate of drug-likeness (QED) is 0.389. The third kappa shape index (κ3) is 5.12. The van der Waals surface area contributed by atoms with Crippen LogP contribution in [0.1, 0.15) is 30.0 Å². The van der Waals surface area contributed by atoms with E-state index < -0.39 is 0 Å². The molecule has 2 rings (SSSR count). The molecule has 5 nitrogen and oxygen atoms in total. The number of nitrogens with zero attached hydrogens (tertiary/aromatic N) is 4. The minimum atomic E-state index is 0.0252. The molecule has 1 unspecified atom stereocenters. The smallest absolute Gasteiger partial charge is 0.160 e. The molecule has 126 valence electrons. The number of nitrogens with two attached hydrogens (primary N) is 1. The van der Waals surface area contributed by atoms with Crippen molar-refractivity contribution in [3.8, 4) is 0 Å². The molecular formula is C17H20ClN5S. The van der Waals surface area contributed by atoms with E-state index in [2.05, 4.69) is 33.7 Å². The van der Waals surface area contributed by atoms with Gasteiger partial charge in [-0.05, 0) is 29.9 Å². The first kappa shape index (κ1) is 18.6. The summed E-state index contributed by atoms with van der Waals surface area (Å²) < 4.78 is 0. The van der Waals surface area contributed by atoms with Crippen molar-refractivity contribution in [2.45, 2.75) is 25.1 Å². The molecule has 0 bridgehead atoms. The highest BCUT2D eigenvalue weighted by Crippen LogP contribution is 2.31. The van der Waals surface area contributed by atoms with E-state index in [1.54, 1.807) is 18.0 Å². The lowest BCUT2D eigenvalue weighted by Gasteiger charge is -2.10. The maximum absolute atomic E-state index is 6.21. The van der Waals surface area contributed by atoms with Crippen molar-refractivity contribution < 1.29 is 0 Å². The fourth-order valence-corrected chi connectivity index (χ4v) is 2.94. The Labute approximate surface area is 151 Å². The zero-order valence-corrected chi connectivity index (χ0v) is 15.1. The summed E-state index contributed by atoms with van der Waals surface area (Å²) in [7, 11) is 0. The Morgan fingerprint density at radius 1 is 1.33 bits per heavy atom. The van der Waals surface area contributed by atoms with Crippen LogP contribution in [-0.4, -0.2) is 15.7 Å². The Morgan fingerprint density at radius 3 is 2.67 bits per heavy atom. The number of thioether (sulfide) groups is 1. The van der Waals surface area contributed by atoms with Crippen molar-refractivity contribution in [2.75, 3.05) is 5.75 Å². The number of aromatic nitrogens is 2. The van der Waals surface area contributed by atoms with Gasteiger partial charge in [-0.2, -0.15) is 5.11 Å². The van der Waals surface area contributed by atoms with E-state index in [4.69, 9.17) is 17.3 Å². The normalized spacial score (nSPS) is 12.5. The third-order valence-corrected chi connectivity index (χ3v) is 4.84. The molecule has 0 fully saturated rings. The monoisotopic (exact) mass is 361 g/mol. The Morgan fingerprint density at radius 2 is 2.08 bits per heavy atom. The van der Waals surface area contributed by atoms with Gasteiger partial charge in [-0.1, -0.05) is 36.7 Å². The van der Waals surface area contributed by atoms with Crippen molar-refractivity contribution in [1.29, 1.82) is 0 Å². The summed E-state index contributed by atoms with van der Waals surface area (Å²) in [6.07, 6.45) is 4.50. The summed E-state index contributed by atoms with van der Waals surface area (Å²) in [4.78, 5) is 8.67. The van der Waals surface area contributed by atoms with Gasteiger partial charge in [0.25, 0.3) is 0 Å². The Kier molecular flexibility index (Phi) is 7.36. The molecule has 0 spiro atoms. The molecule has 0 amide bonds. The molecule has 24 heavy (non-hydrogen) atoms. The number of halogens is 1. The van der Waals surface area contributed by atoms with Crippen molar-refractivity contribution in [2.24, 2.45) is 16.0 Å². The lowest BCUT2D eigenvalue weighted by molar-refractivity contribution is 0.963. The Hall–Kier alpha value is -1.76. The van der Waals surface area contributed by atoms with Gasteiger partial charge in [0.2, 0.25) is 0 Å². The van der Waals surface area contributed by atoms with Crippen molar-refractivity contribution >= 4 is 34.7 Å². The second-order valence-corrected chi connectivity index (χ2v) is 6.61. The van der Waals surface area contributed by atoms with Gasteiger partial charge in [-0.3, -0.25) is 0 Å². The van der Waals surface area contributed by atoms with E-state index in [0.29, 0.717) is 18.1 Å². The van der Waals surface area contributed by atoms with Crippen molar-refractivity contribution in [3.63, 3.8) is 0 Å². The van der Waals surface area contributed by atoms with Crippen LogP contribution >= 0.6 is 23.4 Å². The van der Waals surface area contributed by atoms with Crippen LogP contribution in [0.2, 0.25) is 5.15 Å². The number of azo groups is 1. The summed E-state index contributed by atoms with van der Waals surface area (Å²) in [6.45, 7) is 6.47. The Bertz CT molecular complexity index is 703. The van der Waals surface area contributed by atoms with Crippen LogP contribution < -0.4 is 5.73 Å². The molecule has 7 heteroatoms. The fraction of sp³-hybridized carbons (Fsp3) is 0.294. The number of hydrogen-bond acceptors (Lipinski definition) is 6. The second kappa shape index (κ2) is 9.52. The summed E-state index contributed by atoms with van der Waals surface area (Å²) >= 11 is 7.95. The first-order valence-corrected chi connectivity index (χ1v) is 9.08. The molecule has 0 aliphatic heterocycles. The van der Waals surface area contributed by atoms with E-state index in [-0.39, 0.29) is 10.4 Å². The summed E-state index contributed by atoms with van der Waals surface area (Å²) in [5.41, 5.74) is 7.76. The van der Waals surface area contributed by atoms with E-state index >= 15 is 0 Å². The fourth-order valence-electron chi connectivity index (χ4n) is 1.87. The van der Waals surface area contributed by atoms with Gasteiger partial charge in [0.1, 0.15) is 11.5 Å². The molecule has 1 aromatic heterocycles. The minimum Gasteiger partial charge on any atom is -0.326 e. The summed E-state index contributed by atoms with van der Waals surface area (Å²) in [5, 5.41) is 8.58. The molecule has 1 heterocycles. The van der Waals surface area contributed by atoms with Crippen molar-refractivity contribution in [3.05, 3.63) is 59.7 Å². The van der Waals surface area contributed by atoms with Gasteiger partial charge in [-0.25, -0.2) is 9.97 Å².